The number of allylic oxidation sites excluding steroid dienone is 1. The number of carbonyl (C=O) groups excluding carboxylic acids is 1. The van der Waals surface area contributed by atoms with Crippen LogP contribution < -0.4 is 0 Å². The van der Waals surface area contributed by atoms with Gasteiger partial charge in [0.2, 0.25) is 5.91 Å². The molecule has 0 spiro atoms. The van der Waals surface area contributed by atoms with Crippen LogP contribution in [0.15, 0.2) is 36.4 Å². The van der Waals surface area contributed by atoms with Crippen LogP contribution in [0.4, 0.5) is 0 Å². The normalized spacial score (nSPS) is 44.7. The number of ether oxygens (including phenoxy) is 1. The van der Waals surface area contributed by atoms with Crippen molar-refractivity contribution in [2.75, 3.05) is 6.61 Å². The summed E-state index contributed by atoms with van der Waals surface area (Å²) in [6.07, 6.45) is 5.68. The van der Waals surface area contributed by atoms with Gasteiger partial charge in [-0.3, -0.25) is 4.79 Å². The van der Waals surface area contributed by atoms with Crippen LogP contribution in [0.25, 0.3) is 0 Å². The van der Waals surface area contributed by atoms with Crippen molar-refractivity contribution >= 4 is 29.1 Å². The monoisotopic (exact) mass is 335 g/mol. The molecular formula is C17H15Cl2NO2. The Morgan fingerprint density at radius 3 is 2.68 bits per heavy atom. The van der Waals surface area contributed by atoms with E-state index in [1.54, 1.807) is 0 Å². The zero-order valence-corrected chi connectivity index (χ0v) is 13.3. The number of halogens is 2. The molecule has 1 aromatic rings. The number of carbonyl (C=O) groups is 1. The number of β-lactam (4-membered cyclic amide) rings is 1. The summed E-state index contributed by atoms with van der Waals surface area (Å²) in [6, 6.07) is 7.71. The zero-order valence-electron chi connectivity index (χ0n) is 11.8. The van der Waals surface area contributed by atoms with Crippen molar-refractivity contribution in [2.24, 2.45) is 17.8 Å². The van der Waals surface area contributed by atoms with Crippen LogP contribution in [0.1, 0.15) is 12.0 Å². The first kappa shape index (κ1) is 13.4. The van der Waals surface area contributed by atoms with E-state index in [9.17, 15) is 4.79 Å². The first-order valence-corrected chi connectivity index (χ1v) is 8.50. The average molecular weight is 336 g/mol. The fourth-order valence-corrected chi connectivity index (χ4v) is 5.33. The predicted octanol–water partition coefficient (Wildman–Crippen LogP) is 3.16. The van der Waals surface area contributed by atoms with Gasteiger partial charge in [0, 0.05) is 22.5 Å². The molecule has 3 fully saturated rings. The van der Waals surface area contributed by atoms with Gasteiger partial charge in [0.15, 0.2) is 11.1 Å². The van der Waals surface area contributed by atoms with E-state index in [1.807, 2.05) is 29.2 Å². The molecule has 0 radical (unpaired) electrons. The molecule has 5 rings (SSSR count). The van der Waals surface area contributed by atoms with Crippen LogP contribution in [0.2, 0.25) is 5.02 Å². The maximum absolute atomic E-state index is 12.5. The Morgan fingerprint density at radius 1 is 1.18 bits per heavy atom. The third-order valence-electron chi connectivity index (χ3n) is 5.78. The van der Waals surface area contributed by atoms with Crippen molar-refractivity contribution < 1.29 is 9.53 Å². The molecule has 2 bridgehead atoms. The molecule has 4 aliphatic rings. The van der Waals surface area contributed by atoms with Gasteiger partial charge in [-0.25, -0.2) is 0 Å². The highest BCUT2D eigenvalue weighted by molar-refractivity contribution is 6.34. The summed E-state index contributed by atoms with van der Waals surface area (Å²) >= 11 is 12.4. The Kier molecular flexibility index (Phi) is 2.61. The van der Waals surface area contributed by atoms with Crippen molar-refractivity contribution in [1.82, 2.24) is 4.90 Å². The van der Waals surface area contributed by atoms with E-state index in [-0.39, 0.29) is 11.9 Å². The third kappa shape index (κ3) is 1.41. The summed E-state index contributed by atoms with van der Waals surface area (Å²) in [5.41, 5.74) is 0.101. The van der Waals surface area contributed by atoms with Gasteiger partial charge in [0.25, 0.3) is 0 Å². The van der Waals surface area contributed by atoms with Crippen molar-refractivity contribution in [2.45, 2.75) is 23.6 Å². The number of fused-ring (bicyclic) bond motifs is 7. The molecule has 2 saturated heterocycles. The van der Waals surface area contributed by atoms with Gasteiger partial charge in [0.05, 0.1) is 6.61 Å². The molecule has 1 saturated carbocycles. The third-order valence-corrected chi connectivity index (χ3v) is 6.52. The summed E-state index contributed by atoms with van der Waals surface area (Å²) in [6.45, 7) is 0.659. The molecule has 2 aliphatic heterocycles. The molecule has 6 atom stereocenters. The van der Waals surface area contributed by atoms with Crippen molar-refractivity contribution in [1.29, 1.82) is 0 Å². The van der Waals surface area contributed by atoms with Gasteiger partial charge in [-0.05, 0) is 30.4 Å². The largest absolute Gasteiger partial charge is 0.349 e. The first-order chi connectivity index (χ1) is 10.6. The Labute approximate surface area is 138 Å². The highest BCUT2D eigenvalue weighted by Gasteiger charge is 2.70. The van der Waals surface area contributed by atoms with E-state index in [0.29, 0.717) is 29.4 Å². The Balaban J connectivity index is 1.61. The van der Waals surface area contributed by atoms with E-state index in [0.717, 1.165) is 12.0 Å². The number of hydrogen-bond donors (Lipinski definition) is 0. The van der Waals surface area contributed by atoms with E-state index in [2.05, 4.69) is 12.2 Å². The SMILES string of the molecule is O=C1[C@@H](Cl)[C@@]2(c3ccc(Cl)cc3)OC[C@@H]3[C@@H]([C@@H]4C=C[C@H]3C4)N12. The summed E-state index contributed by atoms with van der Waals surface area (Å²) in [4.78, 5) is 14.4. The number of benzene rings is 1. The van der Waals surface area contributed by atoms with E-state index in [1.165, 1.54) is 0 Å². The molecular weight excluding hydrogens is 321 g/mol. The van der Waals surface area contributed by atoms with Crippen LogP contribution >= 0.6 is 23.2 Å². The molecule has 1 amide bonds. The summed E-state index contributed by atoms with van der Waals surface area (Å²) in [7, 11) is 0. The van der Waals surface area contributed by atoms with Gasteiger partial charge in [-0.15, -0.1) is 11.6 Å². The molecule has 114 valence electrons. The lowest BCUT2D eigenvalue weighted by Crippen LogP contribution is -2.78. The smallest absolute Gasteiger partial charge is 0.248 e. The Morgan fingerprint density at radius 2 is 1.91 bits per heavy atom. The minimum absolute atomic E-state index is 0.00716. The molecule has 2 aliphatic carbocycles. The van der Waals surface area contributed by atoms with Crippen molar-refractivity contribution in [3.05, 3.63) is 47.0 Å². The zero-order chi connectivity index (χ0) is 15.1. The number of rotatable bonds is 1. The van der Waals surface area contributed by atoms with Crippen molar-refractivity contribution in [3.8, 4) is 0 Å². The highest BCUT2D eigenvalue weighted by atomic mass is 35.5. The van der Waals surface area contributed by atoms with E-state index >= 15 is 0 Å². The summed E-state index contributed by atoms with van der Waals surface area (Å²) in [5, 5.41) is 0.0118. The molecule has 22 heavy (non-hydrogen) atoms. The van der Waals surface area contributed by atoms with Crippen molar-refractivity contribution in [3.63, 3.8) is 0 Å². The van der Waals surface area contributed by atoms with Crippen LogP contribution in [-0.4, -0.2) is 28.8 Å². The minimum atomic E-state index is -0.817. The average Bonchev–Trinajstić information content (AvgIpc) is 3.15. The maximum atomic E-state index is 12.5. The van der Waals surface area contributed by atoms with Crippen LogP contribution in [-0.2, 0) is 15.3 Å². The van der Waals surface area contributed by atoms with Gasteiger partial charge in [-0.2, -0.15) is 0 Å². The van der Waals surface area contributed by atoms with E-state index in [4.69, 9.17) is 27.9 Å². The lowest BCUT2D eigenvalue weighted by atomic mass is 9.77. The number of nitrogens with zero attached hydrogens (tertiary/aromatic N) is 1. The molecule has 0 N–H and O–H groups in total. The van der Waals surface area contributed by atoms with Crippen LogP contribution in [0.5, 0.6) is 0 Å². The van der Waals surface area contributed by atoms with E-state index < -0.39 is 11.1 Å². The quantitative estimate of drug-likeness (QED) is 0.448. The lowest BCUT2D eigenvalue weighted by Gasteiger charge is -2.62. The second-order valence-electron chi connectivity index (χ2n) is 6.69. The molecule has 3 nitrogen and oxygen atoms in total. The molecule has 0 unspecified atom stereocenters. The van der Waals surface area contributed by atoms with Gasteiger partial charge in [0.1, 0.15) is 0 Å². The van der Waals surface area contributed by atoms with Gasteiger partial charge >= 0.3 is 0 Å². The lowest BCUT2D eigenvalue weighted by molar-refractivity contribution is -0.269. The topological polar surface area (TPSA) is 29.5 Å². The predicted molar refractivity (Wildman–Crippen MR) is 83.6 cm³/mol. The van der Waals surface area contributed by atoms with Gasteiger partial charge in [-0.1, -0.05) is 35.9 Å². The maximum Gasteiger partial charge on any atom is 0.248 e. The minimum Gasteiger partial charge on any atom is -0.349 e. The van der Waals surface area contributed by atoms with Gasteiger partial charge < -0.3 is 9.64 Å². The summed E-state index contributed by atoms with van der Waals surface area (Å²) in [5.74, 6) is 1.38. The Hall–Kier alpha value is -1.03. The summed E-state index contributed by atoms with van der Waals surface area (Å²) < 4.78 is 6.24. The second-order valence-corrected chi connectivity index (χ2v) is 7.56. The molecule has 1 aromatic carbocycles. The molecule has 0 aromatic heterocycles. The number of amides is 1. The Bertz CT molecular complexity index is 688. The molecule has 5 heteroatoms. The number of alkyl halides is 1. The first-order valence-electron chi connectivity index (χ1n) is 7.68. The number of hydrogen-bond acceptors (Lipinski definition) is 2. The fraction of sp³-hybridized carbons (Fsp3) is 0.471. The molecule has 2 heterocycles. The van der Waals surface area contributed by atoms with Crippen LogP contribution in [0, 0.1) is 17.8 Å². The fourth-order valence-electron chi connectivity index (χ4n) is 4.80. The standard InChI is InChI=1S/C17H15Cl2NO2/c18-12-5-3-11(4-6-12)17-15(19)16(21)20(17)14-10-2-1-9(7-10)13(14)8-22-17/h1-6,9-10,13-15H,7-8H2/t9-,10+,13-,14+,15+,17+/m0/s1. The van der Waals surface area contributed by atoms with Crippen LogP contribution in [0.3, 0.4) is 0 Å². The second kappa shape index (κ2) is 4.28. The highest BCUT2D eigenvalue weighted by Crippen LogP contribution is 2.58.